The number of rotatable bonds is 4. The van der Waals surface area contributed by atoms with E-state index in [0.717, 1.165) is 10.0 Å². The molecular weight excluding hydrogens is 274 g/mol. The van der Waals surface area contributed by atoms with E-state index in [0.29, 0.717) is 18.0 Å². The molecule has 0 spiro atoms. The van der Waals surface area contributed by atoms with E-state index in [2.05, 4.69) is 15.9 Å². The second-order valence-corrected chi connectivity index (χ2v) is 4.35. The number of hydrogen-bond donors (Lipinski definition) is 2. The van der Waals surface area contributed by atoms with Gasteiger partial charge in [-0.15, -0.1) is 0 Å². The van der Waals surface area contributed by atoms with Crippen molar-refractivity contribution in [3.05, 3.63) is 16.1 Å². The monoisotopic (exact) mass is 289 g/mol. The molecule has 0 aromatic heterocycles. The van der Waals surface area contributed by atoms with Gasteiger partial charge >= 0.3 is 0 Å². The van der Waals surface area contributed by atoms with Gasteiger partial charge in [-0.25, -0.2) is 0 Å². The van der Waals surface area contributed by atoms with Gasteiger partial charge in [-0.05, 0) is 18.5 Å². The predicted molar refractivity (Wildman–Crippen MR) is 66.4 cm³/mol. The van der Waals surface area contributed by atoms with Gasteiger partial charge in [0.25, 0.3) is 0 Å². The van der Waals surface area contributed by atoms with Crippen LogP contribution in [0.1, 0.15) is 18.4 Å². The maximum Gasteiger partial charge on any atom is 0.203 e. The van der Waals surface area contributed by atoms with Gasteiger partial charge in [-0.2, -0.15) is 0 Å². The number of ether oxygens (including phenoxy) is 2. The minimum Gasteiger partial charge on any atom is -0.504 e. The molecule has 0 amide bonds. The minimum absolute atomic E-state index is 0.0363. The molecule has 0 aliphatic carbocycles. The molecule has 0 fully saturated rings. The summed E-state index contributed by atoms with van der Waals surface area (Å²) in [7, 11) is 3.01. The van der Waals surface area contributed by atoms with Crippen LogP contribution in [0.5, 0.6) is 17.2 Å². The van der Waals surface area contributed by atoms with Crippen molar-refractivity contribution in [3.63, 3.8) is 0 Å². The molecule has 1 atom stereocenters. The third-order valence-electron chi connectivity index (χ3n) is 2.48. The highest BCUT2D eigenvalue weighted by Crippen LogP contribution is 2.45. The molecule has 0 radical (unpaired) electrons. The van der Waals surface area contributed by atoms with Crippen molar-refractivity contribution >= 4 is 15.9 Å². The largest absolute Gasteiger partial charge is 0.504 e. The third kappa shape index (κ3) is 2.25. The first-order valence-corrected chi connectivity index (χ1v) is 5.69. The van der Waals surface area contributed by atoms with Crippen LogP contribution in [-0.4, -0.2) is 25.9 Å². The number of aromatic hydroxyl groups is 1. The van der Waals surface area contributed by atoms with Gasteiger partial charge in [0.05, 0.1) is 14.2 Å². The summed E-state index contributed by atoms with van der Waals surface area (Å²) in [6, 6.07) is 1.76. The molecule has 4 nitrogen and oxygen atoms in total. The highest BCUT2D eigenvalue weighted by Gasteiger charge is 2.21. The molecule has 1 rings (SSSR count). The first kappa shape index (κ1) is 13.1. The summed E-state index contributed by atoms with van der Waals surface area (Å²) in [4.78, 5) is 0. The summed E-state index contributed by atoms with van der Waals surface area (Å²) < 4.78 is 11.0. The molecule has 1 aromatic rings. The number of hydrogen-bond acceptors (Lipinski definition) is 4. The van der Waals surface area contributed by atoms with E-state index >= 15 is 0 Å². The van der Waals surface area contributed by atoms with Crippen LogP contribution in [0.3, 0.4) is 0 Å². The molecule has 0 heterocycles. The van der Waals surface area contributed by atoms with Gasteiger partial charge in [-0.3, -0.25) is 0 Å². The predicted octanol–water partition coefficient (Wildman–Crippen LogP) is 2.23. The Balaban J connectivity index is 3.40. The van der Waals surface area contributed by atoms with E-state index in [1.54, 1.807) is 6.07 Å². The Hall–Kier alpha value is -0.940. The lowest BCUT2D eigenvalue weighted by Gasteiger charge is -2.18. The summed E-state index contributed by atoms with van der Waals surface area (Å²) in [5, 5.41) is 10.1. The van der Waals surface area contributed by atoms with Crippen molar-refractivity contribution in [1.29, 1.82) is 0 Å². The summed E-state index contributed by atoms with van der Waals surface area (Å²) in [6.07, 6.45) is 0. The van der Waals surface area contributed by atoms with E-state index in [-0.39, 0.29) is 11.7 Å². The van der Waals surface area contributed by atoms with Crippen molar-refractivity contribution in [1.82, 2.24) is 0 Å². The molecule has 0 saturated heterocycles. The van der Waals surface area contributed by atoms with Crippen molar-refractivity contribution in [2.45, 2.75) is 12.8 Å². The summed E-state index contributed by atoms with van der Waals surface area (Å²) >= 11 is 3.39. The average molecular weight is 290 g/mol. The molecule has 16 heavy (non-hydrogen) atoms. The molecule has 1 aromatic carbocycles. The summed E-state index contributed by atoms with van der Waals surface area (Å²) in [5.74, 6) is 0.932. The van der Waals surface area contributed by atoms with Crippen LogP contribution in [0.2, 0.25) is 0 Å². The fraction of sp³-hybridized carbons (Fsp3) is 0.455. The van der Waals surface area contributed by atoms with Gasteiger partial charge in [0.2, 0.25) is 5.75 Å². The van der Waals surface area contributed by atoms with Crippen LogP contribution >= 0.6 is 15.9 Å². The van der Waals surface area contributed by atoms with Crippen LogP contribution < -0.4 is 15.2 Å². The van der Waals surface area contributed by atoms with E-state index in [1.807, 2.05) is 6.92 Å². The molecule has 90 valence electrons. The van der Waals surface area contributed by atoms with Gasteiger partial charge in [-0.1, -0.05) is 22.9 Å². The number of phenols is 1. The third-order valence-corrected chi connectivity index (χ3v) is 3.14. The average Bonchev–Trinajstić information content (AvgIpc) is 2.27. The normalized spacial score (nSPS) is 12.3. The molecule has 3 N–H and O–H groups in total. The van der Waals surface area contributed by atoms with Crippen LogP contribution in [0, 0.1) is 0 Å². The van der Waals surface area contributed by atoms with Crippen LogP contribution in [0.15, 0.2) is 10.5 Å². The molecular formula is C11H16BrNO3. The number of nitrogens with two attached hydrogens (primary N) is 1. The van der Waals surface area contributed by atoms with Gasteiger partial charge in [0.15, 0.2) is 11.5 Å². The highest BCUT2D eigenvalue weighted by molar-refractivity contribution is 9.10. The Morgan fingerprint density at radius 2 is 2.06 bits per heavy atom. The zero-order chi connectivity index (χ0) is 12.3. The van der Waals surface area contributed by atoms with Crippen molar-refractivity contribution in [2.75, 3.05) is 20.8 Å². The fourth-order valence-corrected chi connectivity index (χ4v) is 2.33. The first-order valence-electron chi connectivity index (χ1n) is 4.90. The van der Waals surface area contributed by atoms with Crippen LogP contribution in [0.25, 0.3) is 0 Å². The Labute approximate surface area is 103 Å². The van der Waals surface area contributed by atoms with Gasteiger partial charge < -0.3 is 20.3 Å². The van der Waals surface area contributed by atoms with E-state index in [4.69, 9.17) is 15.2 Å². The Morgan fingerprint density at radius 3 is 2.50 bits per heavy atom. The topological polar surface area (TPSA) is 64.7 Å². The molecule has 0 bridgehead atoms. The Bertz CT molecular complexity index is 382. The van der Waals surface area contributed by atoms with Crippen LogP contribution in [0.4, 0.5) is 0 Å². The lowest BCUT2D eigenvalue weighted by molar-refractivity contribution is 0.330. The molecule has 0 aliphatic rings. The number of halogens is 1. The lowest BCUT2D eigenvalue weighted by atomic mass is 9.99. The Kier molecular flexibility index (Phi) is 4.44. The minimum atomic E-state index is 0.0363. The second kappa shape index (κ2) is 5.41. The van der Waals surface area contributed by atoms with Gasteiger partial charge in [0.1, 0.15) is 0 Å². The number of benzene rings is 1. The van der Waals surface area contributed by atoms with Crippen molar-refractivity contribution in [3.8, 4) is 17.2 Å². The SMILES string of the molecule is COc1cc(Br)c(C(C)CN)c(O)c1OC. The van der Waals surface area contributed by atoms with Crippen LogP contribution in [-0.2, 0) is 0 Å². The zero-order valence-corrected chi connectivity index (χ0v) is 11.2. The van der Waals surface area contributed by atoms with Crippen molar-refractivity contribution < 1.29 is 14.6 Å². The summed E-state index contributed by atoms with van der Waals surface area (Å²) in [5.41, 5.74) is 6.34. The van der Waals surface area contributed by atoms with Gasteiger partial charge in [0, 0.05) is 10.0 Å². The fourth-order valence-electron chi connectivity index (χ4n) is 1.55. The second-order valence-electron chi connectivity index (χ2n) is 3.49. The van der Waals surface area contributed by atoms with E-state index in [9.17, 15) is 5.11 Å². The maximum atomic E-state index is 10.1. The smallest absolute Gasteiger partial charge is 0.203 e. The number of phenolic OH excluding ortho intramolecular Hbond substituents is 1. The first-order chi connectivity index (χ1) is 7.56. The molecule has 5 heteroatoms. The molecule has 1 unspecified atom stereocenters. The van der Waals surface area contributed by atoms with Crippen molar-refractivity contribution in [2.24, 2.45) is 5.73 Å². The number of methoxy groups -OCH3 is 2. The molecule has 0 saturated carbocycles. The summed E-state index contributed by atoms with van der Waals surface area (Å²) in [6.45, 7) is 2.38. The van der Waals surface area contributed by atoms with E-state index in [1.165, 1.54) is 14.2 Å². The quantitative estimate of drug-likeness (QED) is 0.892. The maximum absolute atomic E-state index is 10.1. The van der Waals surface area contributed by atoms with E-state index < -0.39 is 0 Å². The standard InChI is InChI=1S/C11H16BrNO3/c1-6(5-13)9-7(12)4-8(15-2)11(16-3)10(9)14/h4,6,14H,5,13H2,1-3H3. The Morgan fingerprint density at radius 1 is 1.44 bits per heavy atom. The zero-order valence-electron chi connectivity index (χ0n) is 9.58. The lowest BCUT2D eigenvalue weighted by Crippen LogP contribution is -2.10. The highest BCUT2D eigenvalue weighted by atomic mass is 79.9. The molecule has 0 aliphatic heterocycles.